The summed E-state index contributed by atoms with van der Waals surface area (Å²) in [5.41, 5.74) is 1.17. The van der Waals surface area contributed by atoms with Gasteiger partial charge in [0.15, 0.2) is 0 Å². The van der Waals surface area contributed by atoms with Gasteiger partial charge in [-0.15, -0.1) is 11.8 Å². The maximum atomic E-state index is 9.21. The first-order chi connectivity index (χ1) is 7.48. The molecule has 0 atom stereocenters. The molecule has 0 saturated heterocycles. The Morgan fingerprint density at radius 3 is 2.62 bits per heavy atom. The fraction of sp³-hybridized carbons (Fsp3) is 0.538. The third-order valence-corrected chi connectivity index (χ3v) is 3.92. The molecule has 2 nitrogen and oxygen atoms in total. The third-order valence-electron chi connectivity index (χ3n) is 2.37. The quantitative estimate of drug-likeness (QED) is 0.802. The van der Waals surface area contributed by atoms with E-state index >= 15 is 0 Å². The fourth-order valence-corrected chi connectivity index (χ4v) is 2.42. The first-order valence-corrected chi connectivity index (χ1v) is 6.35. The van der Waals surface area contributed by atoms with Gasteiger partial charge in [0.25, 0.3) is 0 Å². The minimum absolute atomic E-state index is 0.0561. The second kappa shape index (κ2) is 5.60. The van der Waals surface area contributed by atoms with Gasteiger partial charge >= 0.3 is 0 Å². The van der Waals surface area contributed by atoms with Crippen LogP contribution >= 0.6 is 11.8 Å². The van der Waals surface area contributed by atoms with Crippen LogP contribution in [0.1, 0.15) is 19.4 Å². The number of hydrogen-bond donors (Lipinski definition) is 1. The van der Waals surface area contributed by atoms with E-state index in [2.05, 4.69) is 26.8 Å². The van der Waals surface area contributed by atoms with E-state index in [1.807, 2.05) is 12.1 Å². The van der Waals surface area contributed by atoms with E-state index in [1.54, 1.807) is 18.9 Å². The zero-order valence-corrected chi connectivity index (χ0v) is 11.2. The smallest absolute Gasteiger partial charge is 0.132 e. The molecule has 1 aromatic rings. The average Bonchev–Trinajstić information content (AvgIpc) is 2.27. The summed E-state index contributed by atoms with van der Waals surface area (Å²) < 4.78 is 5.32. The maximum absolute atomic E-state index is 9.21. The summed E-state index contributed by atoms with van der Waals surface area (Å²) >= 11 is 1.73. The van der Waals surface area contributed by atoms with Crippen LogP contribution in [0, 0.1) is 12.3 Å². The molecule has 0 aliphatic rings. The molecule has 1 N–H and O–H groups in total. The van der Waals surface area contributed by atoms with Crippen LogP contribution in [0.4, 0.5) is 0 Å². The van der Waals surface area contributed by atoms with Crippen molar-refractivity contribution in [1.82, 2.24) is 0 Å². The highest BCUT2D eigenvalue weighted by atomic mass is 32.2. The highest BCUT2D eigenvalue weighted by molar-refractivity contribution is 7.99. The van der Waals surface area contributed by atoms with Crippen LogP contribution in [0.5, 0.6) is 5.75 Å². The summed E-state index contributed by atoms with van der Waals surface area (Å²) in [6, 6.07) is 6.15. The predicted molar refractivity (Wildman–Crippen MR) is 69.3 cm³/mol. The van der Waals surface area contributed by atoms with Gasteiger partial charge in [-0.05, 0) is 30.0 Å². The molecule has 0 saturated carbocycles. The number of benzene rings is 1. The molecule has 0 aliphatic heterocycles. The van der Waals surface area contributed by atoms with Crippen LogP contribution < -0.4 is 4.74 Å². The van der Waals surface area contributed by atoms with Crippen LogP contribution in [0.25, 0.3) is 0 Å². The highest BCUT2D eigenvalue weighted by Gasteiger charge is 2.17. The topological polar surface area (TPSA) is 29.5 Å². The van der Waals surface area contributed by atoms with Crippen LogP contribution in [0.3, 0.4) is 0 Å². The Kier molecular flexibility index (Phi) is 4.69. The summed E-state index contributed by atoms with van der Waals surface area (Å²) in [6.07, 6.45) is 0. The van der Waals surface area contributed by atoms with Crippen LogP contribution in [-0.2, 0) is 0 Å². The molecule has 1 aromatic carbocycles. The highest BCUT2D eigenvalue weighted by Crippen LogP contribution is 2.34. The molecule has 0 heterocycles. The first kappa shape index (κ1) is 13.4. The molecule has 1 rings (SSSR count). The molecule has 0 amide bonds. The third kappa shape index (κ3) is 3.72. The number of thioether (sulfide) groups is 1. The van der Waals surface area contributed by atoms with E-state index in [0.29, 0.717) is 0 Å². The second-order valence-corrected chi connectivity index (χ2v) is 5.78. The number of ether oxygens (including phenoxy) is 1. The zero-order chi connectivity index (χ0) is 12.2. The van der Waals surface area contributed by atoms with E-state index in [4.69, 9.17) is 4.74 Å². The van der Waals surface area contributed by atoms with Crippen molar-refractivity contribution in [2.24, 2.45) is 5.41 Å². The molecule has 0 unspecified atom stereocenters. The molecular formula is C13H20O2S. The SMILES string of the molecule is COc1ccc(C)cc1SCC(C)(C)CO. The number of hydrogen-bond acceptors (Lipinski definition) is 3. The molecule has 90 valence electrons. The molecule has 0 bridgehead atoms. The standard InChI is InChI=1S/C13H20O2S/c1-10-5-6-11(15-4)12(7-10)16-9-13(2,3)8-14/h5-7,14H,8-9H2,1-4H3. The van der Waals surface area contributed by atoms with Crippen molar-refractivity contribution in [3.63, 3.8) is 0 Å². The lowest BCUT2D eigenvalue weighted by Gasteiger charge is -2.21. The summed E-state index contributed by atoms with van der Waals surface area (Å²) in [4.78, 5) is 1.14. The van der Waals surface area contributed by atoms with Gasteiger partial charge in [0.2, 0.25) is 0 Å². The number of aliphatic hydroxyl groups excluding tert-OH is 1. The minimum atomic E-state index is -0.0561. The normalized spacial score (nSPS) is 11.6. The summed E-state index contributed by atoms with van der Waals surface area (Å²) in [5.74, 6) is 1.79. The number of aliphatic hydroxyl groups is 1. The van der Waals surface area contributed by atoms with Gasteiger partial charge in [0.1, 0.15) is 5.75 Å². The monoisotopic (exact) mass is 240 g/mol. The average molecular weight is 240 g/mol. The van der Waals surface area contributed by atoms with Crippen molar-refractivity contribution >= 4 is 11.8 Å². The summed E-state index contributed by atoms with van der Waals surface area (Å²) in [7, 11) is 1.69. The Hall–Kier alpha value is -0.670. The molecular weight excluding hydrogens is 220 g/mol. The second-order valence-electron chi connectivity index (χ2n) is 4.77. The van der Waals surface area contributed by atoms with E-state index in [9.17, 15) is 5.11 Å². The maximum Gasteiger partial charge on any atom is 0.132 e. The minimum Gasteiger partial charge on any atom is -0.496 e. The van der Waals surface area contributed by atoms with Gasteiger partial charge in [-0.3, -0.25) is 0 Å². The predicted octanol–water partition coefficient (Wildman–Crippen LogP) is 3.11. The van der Waals surface area contributed by atoms with E-state index in [0.717, 1.165) is 16.4 Å². The molecule has 0 fully saturated rings. The Balaban J connectivity index is 2.76. The van der Waals surface area contributed by atoms with Crippen molar-refractivity contribution in [3.05, 3.63) is 23.8 Å². The molecule has 0 spiro atoms. The van der Waals surface area contributed by atoms with Gasteiger partial charge in [-0.2, -0.15) is 0 Å². The van der Waals surface area contributed by atoms with Gasteiger partial charge < -0.3 is 9.84 Å². The van der Waals surface area contributed by atoms with Crippen LogP contribution in [0.2, 0.25) is 0 Å². The lowest BCUT2D eigenvalue weighted by atomic mass is 9.98. The lowest BCUT2D eigenvalue weighted by Crippen LogP contribution is -2.19. The van der Waals surface area contributed by atoms with Gasteiger partial charge in [0, 0.05) is 17.3 Å². The number of rotatable bonds is 5. The summed E-state index contributed by atoms with van der Waals surface area (Å²) in [5, 5.41) is 9.21. The first-order valence-electron chi connectivity index (χ1n) is 5.37. The number of methoxy groups -OCH3 is 1. The Bertz CT molecular complexity index is 348. The van der Waals surface area contributed by atoms with Crippen molar-refractivity contribution in [3.8, 4) is 5.75 Å². The molecule has 0 aromatic heterocycles. The Morgan fingerprint density at radius 2 is 2.06 bits per heavy atom. The molecule has 0 radical (unpaired) electrons. The lowest BCUT2D eigenvalue weighted by molar-refractivity contribution is 0.180. The van der Waals surface area contributed by atoms with Crippen molar-refractivity contribution in [2.45, 2.75) is 25.7 Å². The zero-order valence-electron chi connectivity index (χ0n) is 10.4. The Labute approximate surface area is 102 Å². The summed E-state index contributed by atoms with van der Waals surface area (Å²) in [6.45, 7) is 6.39. The fourth-order valence-electron chi connectivity index (χ4n) is 1.22. The molecule has 16 heavy (non-hydrogen) atoms. The Morgan fingerprint density at radius 1 is 1.38 bits per heavy atom. The van der Waals surface area contributed by atoms with Gasteiger partial charge in [-0.25, -0.2) is 0 Å². The largest absolute Gasteiger partial charge is 0.496 e. The van der Waals surface area contributed by atoms with Gasteiger partial charge in [0.05, 0.1) is 7.11 Å². The van der Waals surface area contributed by atoms with Crippen molar-refractivity contribution < 1.29 is 9.84 Å². The molecule has 0 aliphatic carbocycles. The van der Waals surface area contributed by atoms with E-state index in [-0.39, 0.29) is 12.0 Å². The van der Waals surface area contributed by atoms with E-state index in [1.165, 1.54) is 5.56 Å². The van der Waals surface area contributed by atoms with E-state index < -0.39 is 0 Å². The molecule has 3 heteroatoms. The van der Waals surface area contributed by atoms with Crippen molar-refractivity contribution in [2.75, 3.05) is 19.5 Å². The van der Waals surface area contributed by atoms with Crippen LogP contribution in [0.15, 0.2) is 23.1 Å². The number of aryl methyl sites for hydroxylation is 1. The van der Waals surface area contributed by atoms with Crippen LogP contribution in [-0.4, -0.2) is 24.6 Å². The van der Waals surface area contributed by atoms with Gasteiger partial charge in [-0.1, -0.05) is 19.9 Å². The van der Waals surface area contributed by atoms with Crippen molar-refractivity contribution in [1.29, 1.82) is 0 Å².